The van der Waals surface area contributed by atoms with E-state index in [1.165, 1.54) is 29.4 Å². The Morgan fingerprint density at radius 3 is 2.60 bits per heavy atom. The third-order valence-electron chi connectivity index (χ3n) is 2.97. The van der Waals surface area contributed by atoms with Gasteiger partial charge in [-0.05, 0) is 31.0 Å². The molecule has 0 aliphatic heterocycles. The topological polar surface area (TPSA) is 63.4 Å². The Kier molecular flexibility index (Phi) is 5.86. The highest BCUT2D eigenvalue weighted by atomic mass is 32.2. The number of nitrogens with zero attached hydrogens (tertiary/aromatic N) is 1. The minimum absolute atomic E-state index is 0.0364. The summed E-state index contributed by atoms with van der Waals surface area (Å²) in [5.41, 5.74) is 5.95. The van der Waals surface area contributed by atoms with Crippen LogP contribution in [0.25, 0.3) is 0 Å². The molecule has 0 aliphatic carbocycles. The largest absolute Gasteiger partial charge is 0.326 e. The maximum absolute atomic E-state index is 13.8. The summed E-state index contributed by atoms with van der Waals surface area (Å²) in [5, 5.41) is 0. The van der Waals surface area contributed by atoms with E-state index >= 15 is 0 Å². The van der Waals surface area contributed by atoms with E-state index in [1.807, 2.05) is 6.92 Å². The van der Waals surface area contributed by atoms with E-state index in [0.717, 1.165) is 0 Å². The van der Waals surface area contributed by atoms with Crippen LogP contribution < -0.4 is 5.73 Å². The highest BCUT2D eigenvalue weighted by molar-refractivity contribution is 7.89. The van der Waals surface area contributed by atoms with Crippen molar-refractivity contribution >= 4 is 10.0 Å². The molecule has 0 radical (unpaired) electrons. The molecule has 0 saturated heterocycles. The van der Waals surface area contributed by atoms with Crippen LogP contribution in [-0.2, 0) is 16.6 Å². The molecule has 2 N–H and O–H groups in total. The normalized spacial score (nSPS) is 11.8. The molecule has 20 heavy (non-hydrogen) atoms. The van der Waals surface area contributed by atoms with Crippen LogP contribution in [0, 0.1) is 12.7 Å². The summed E-state index contributed by atoms with van der Waals surface area (Å²) in [5.74, 6) is -0.447. The van der Waals surface area contributed by atoms with Crippen LogP contribution in [0.5, 0.6) is 0 Å². The van der Waals surface area contributed by atoms with Gasteiger partial charge in [-0.25, -0.2) is 12.8 Å². The van der Waals surface area contributed by atoms with Gasteiger partial charge in [0.2, 0.25) is 10.0 Å². The zero-order valence-electron chi connectivity index (χ0n) is 11.9. The van der Waals surface area contributed by atoms with Gasteiger partial charge in [0.25, 0.3) is 0 Å². The van der Waals surface area contributed by atoms with Gasteiger partial charge in [0.05, 0.1) is 4.90 Å². The summed E-state index contributed by atoms with van der Waals surface area (Å²) in [4.78, 5) is 0.0761. The molecule has 112 valence electrons. The molecule has 0 heterocycles. The van der Waals surface area contributed by atoms with Crippen molar-refractivity contribution in [3.8, 4) is 0 Å². The zero-order valence-corrected chi connectivity index (χ0v) is 12.7. The average Bonchev–Trinajstić information content (AvgIpc) is 2.41. The molecule has 0 spiro atoms. The van der Waals surface area contributed by atoms with Crippen molar-refractivity contribution in [3.63, 3.8) is 0 Å². The molecule has 0 aromatic heterocycles. The quantitative estimate of drug-likeness (QED) is 0.785. The number of aryl methyl sites for hydroxylation is 1. The van der Waals surface area contributed by atoms with Crippen LogP contribution in [0.1, 0.15) is 24.5 Å². The van der Waals surface area contributed by atoms with E-state index in [4.69, 9.17) is 5.73 Å². The minimum Gasteiger partial charge on any atom is -0.326 e. The lowest BCUT2D eigenvalue weighted by molar-refractivity contribution is 0.441. The Labute approximate surface area is 120 Å². The van der Waals surface area contributed by atoms with Crippen molar-refractivity contribution in [1.82, 2.24) is 4.31 Å². The van der Waals surface area contributed by atoms with Gasteiger partial charge in [0, 0.05) is 25.2 Å². The van der Waals surface area contributed by atoms with Gasteiger partial charge in [-0.2, -0.15) is 4.31 Å². The van der Waals surface area contributed by atoms with Crippen LogP contribution in [-0.4, -0.2) is 25.8 Å². The lowest BCUT2D eigenvalue weighted by Gasteiger charge is -2.21. The Morgan fingerprint density at radius 2 is 2.10 bits per heavy atom. The van der Waals surface area contributed by atoms with Crippen molar-refractivity contribution in [1.29, 1.82) is 0 Å². The predicted molar refractivity (Wildman–Crippen MR) is 78.3 cm³/mol. The SMILES string of the molecule is C=CCN(CCC)S(=O)(=O)c1cc(C)c(F)c(CN)c1. The molecule has 4 nitrogen and oxygen atoms in total. The second-order valence-corrected chi connectivity index (χ2v) is 6.51. The van der Waals surface area contributed by atoms with E-state index in [-0.39, 0.29) is 29.1 Å². The first-order valence-electron chi connectivity index (χ1n) is 6.48. The Morgan fingerprint density at radius 1 is 1.45 bits per heavy atom. The van der Waals surface area contributed by atoms with E-state index in [9.17, 15) is 12.8 Å². The molecule has 0 saturated carbocycles. The van der Waals surface area contributed by atoms with Crippen LogP contribution in [0.15, 0.2) is 29.7 Å². The first kappa shape index (κ1) is 16.8. The number of benzene rings is 1. The first-order valence-corrected chi connectivity index (χ1v) is 7.92. The monoisotopic (exact) mass is 300 g/mol. The lowest BCUT2D eigenvalue weighted by Crippen LogP contribution is -2.32. The Hall–Kier alpha value is -1.24. The van der Waals surface area contributed by atoms with E-state index in [0.29, 0.717) is 13.0 Å². The molecule has 1 aromatic rings. The summed E-state index contributed by atoms with van der Waals surface area (Å²) in [6, 6.07) is 2.65. The van der Waals surface area contributed by atoms with Crippen LogP contribution in [0.4, 0.5) is 4.39 Å². The number of halogens is 1. The summed E-state index contributed by atoms with van der Waals surface area (Å²) >= 11 is 0. The second-order valence-electron chi connectivity index (χ2n) is 4.57. The number of sulfonamides is 1. The van der Waals surface area contributed by atoms with Gasteiger partial charge < -0.3 is 5.73 Å². The molecular formula is C14H21FN2O2S. The smallest absolute Gasteiger partial charge is 0.243 e. The predicted octanol–water partition coefficient (Wildman–Crippen LogP) is 2.18. The summed E-state index contributed by atoms with van der Waals surface area (Å²) < 4.78 is 40.2. The molecule has 0 fully saturated rings. The van der Waals surface area contributed by atoms with Crippen LogP contribution in [0.2, 0.25) is 0 Å². The van der Waals surface area contributed by atoms with E-state index < -0.39 is 15.8 Å². The number of rotatable bonds is 7. The molecule has 0 amide bonds. The van der Waals surface area contributed by atoms with Crippen LogP contribution in [0.3, 0.4) is 0 Å². The summed E-state index contributed by atoms with van der Waals surface area (Å²) in [7, 11) is -3.66. The number of nitrogens with two attached hydrogens (primary N) is 1. The molecular weight excluding hydrogens is 279 g/mol. The van der Waals surface area contributed by atoms with Crippen molar-refractivity contribution in [3.05, 3.63) is 41.7 Å². The first-order chi connectivity index (χ1) is 9.38. The highest BCUT2D eigenvalue weighted by Crippen LogP contribution is 2.22. The van der Waals surface area contributed by atoms with Gasteiger partial charge in [-0.1, -0.05) is 13.0 Å². The Bertz CT molecular complexity index is 585. The van der Waals surface area contributed by atoms with Crippen molar-refractivity contribution in [2.45, 2.75) is 31.7 Å². The van der Waals surface area contributed by atoms with Crippen LogP contribution >= 0.6 is 0 Å². The fourth-order valence-electron chi connectivity index (χ4n) is 1.96. The van der Waals surface area contributed by atoms with Gasteiger partial charge in [-0.3, -0.25) is 0 Å². The molecule has 0 unspecified atom stereocenters. The second kappa shape index (κ2) is 6.97. The molecule has 0 aliphatic rings. The van der Waals surface area contributed by atoms with E-state index in [2.05, 4.69) is 6.58 Å². The fraction of sp³-hybridized carbons (Fsp3) is 0.429. The summed E-state index contributed by atoms with van der Waals surface area (Å²) in [6.07, 6.45) is 2.23. The van der Waals surface area contributed by atoms with Gasteiger partial charge in [0.1, 0.15) is 5.82 Å². The minimum atomic E-state index is -3.66. The zero-order chi connectivity index (χ0) is 15.3. The van der Waals surface area contributed by atoms with Gasteiger partial charge in [-0.15, -0.1) is 6.58 Å². The Balaban J connectivity index is 3.33. The lowest BCUT2D eigenvalue weighted by atomic mass is 10.1. The molecule has 6 heteroatoms. The van der Waals surface area contributed by atoms with Gasteiger partial charge in [0.15, 0.2) is 0 Å². The third-order valence-corrected chi connectivity index (χ3v) is 4.81. The standard InChI is InChI=1S/C14H21FN2O2S/c1-4-6-17(7-5-2)20(18,19)13-8-11(3)14(15)12(9-13)10-16/h4,8-9H,1,5-7,10,16H2,2-3H3. The molecule has 0 bridgehead atoms. The molecule has 1 rings (SSSR count). The average molecular weight is 300 g/mol. The highest BCUT2D eigenvalue weighted by Gasteiger charge is 2.24. The molecule has 0 atom stereocenters. The van der Waals surface area contributed by atoms with Crippen molar-refractivity contribution in [2.75, 3.05) is 13.1 Å². The van der Waals surface area contributed by atoms with Crippen molar-refractivity contribution in [2.24, 2.45) is 5.73 Å². The maximum Gasteiger partial charge on any atom is 0.243 e. The number of hydrogen-bond acceptors (Lipinski definition) is 3. The molecule has 1 aromatic carbocycles. The van der Waals surface area contributed by atoms with Gasteiger partial charge >= 0.3 is 0 Å². The summed E-state index contributed by atoms with van der Waals surface area (Å²) in [6.45, 7) is 7.58. The third kappa shape index (κ3) is 3.45. The van der Waals surface area contributed by atoms with E-state index in [1.54, 1.807) is 0 Å². The number of hydrogen-bond donors (Lipinski definition) is 1. The van der Waals surface area contributed by atoms with Crippen molar-refractivity contribution < 1.29 is 12.8 Å². The maximum atomic E-state index is 13.8. The fourth-order valence-corrected chi connectivity index (χ4v) is 3.60.